The number of para-hydroxylation sites is 2. The van der Waals surface area contributed by atoms with Crippen LogP contribution in [-0.2, 0) is 0 Å². The van der Waals surface area contributed by atoms with E-state index in [0.29, 0.717) is 0 Å². The first kappa shape index (κ1) is 35.3. The Morgan fingerprint density at radius 1 is 0.696 bits per heavy atom. The SMILES string of the molecule is CCC1(C)CSc2cc(OC)c(Br)cc2N(c2ccccc2)C1.CCC1(C)CSc2cc(OC)c(I)cc2N(c2ccccc2)C1. The summed E-state index contributed by atoms with van der Waals surface area (Å²) in [5.74, 6) is 4.10. The number of halogens is 2. The third-order valence-electron chi connectivity index (χ3n) is 9.12. The van der Waals surface area contributed by atoms with Gasteiger partial charge in [0.25, 0.3) is 0 Å². The van der Waals surface area contributed by atoms with E-state index in [0.717, 1.165) is 50.6 Å². The Morgan fingerprint density at radius 2 is 1.13 bits per heavy atom. The summed E-state index contributed by atoms with van der Waals surface area (Å²) < 4.78 is 13.2. The highest BCUT2D eigenvalue weighted by Crippen LogP contribution is 2.48. The van der Waals surface area contributed by atoms with Gasteiger partial charge in [-0.15, -0.1) is 23.5 Å². The predicted molar refractivity (Wildman–Crippen MR) is 212 cm³/mol. The Balaban J connectivity index is 0.000000181. The molecule has 4 aromatic rings. The van der Waals surface area contributed by atoms with Gasteiger partial charge in [-0.25, -0.2) is 0 Å². The fourth-order valence-electron chi connectivity index (χ4n) is 5.65. The van der Waals surface area contributed by atoms with Gasteiger partial charge in [-0.3, -0.25) is 0 Å². The van der Waals surface area contributed by atoms with E-state index in [2.05, 4.69) is 161 Å². The van der Waals surface area contributed by atoms with E-state index in [4.69, 9.17) is 9.47 Å². The zero-order valence-corrected chi connectivity index (χ0v) is 33.0. The van der Waals surface area contributed by atoms with E-state index < -0.39 is 0 Å². The maximum atomic E-state index is 5.53. The van der Waals surface area contributed by atoms with Crippen molar-refractivity contribution in [3.8, 4) is 11.5 Å². The van der Waals surface area contributed by atoms with Crippen LogP contribution in [0.25, 0.3) is 0 Å². The van der Waals surface area contributed by atoms with E-state index in [1.165, 1.54) is 39.0 Å². The molecule has 0 spiro atoms. The van der Waals surface area contributed by atoms with Crippen LogP contribution in [-0.4, -0.2) is 38.8 Å². The van der Waals surface area contributed by atoms with Crippen LogP contribution in [0.5, 0.6) is 11.5 Å². The molecule has 0 aromatic heterocycles. The highest BCUT2D eigenvalue weighted by atomic mass is 127. The molecule has 0 aliphatic carbocycles. The number of nitrogens with zero attached hydrogens (tertiary/aromatic N) is 2. The number of benzene rings is 4. The molecule has 0 saturated heterocycles. The second-order valence-electron chi connectivity index (χ2n) is 12.7. The van der Waals surface area contributed by atoms with E-state index >= 15 is 0 Å². The van der Waals surface area contributed by atoms with Crippen molar-refractivity contribution in [3.05, 3.63) is 93.0 Å². The molecule has 4 aromatic carbocycles. The lowest BCUT2D eigenvalue weighted by Gasteiger charge is -2.33. The van der Waals surface area contributed by atoms with Crippen LogP contribution in [0.2, 0.25) is 0 Å². The van der Waals surface area contributed by atoms with Crippen LogP contribution in [0.4, 0.5) is 22.7 Å². The van der Waals surface area contributed by atoms with Crippen molar-refractivity contribution in [2.45, 2.75) is 50.3 Å². The number of rotatable bonds is 6. The highest BCUT2D eigenvalue weighted by molar-refractivity contribution is 14.1. The minimum Gasteiger partial charge on any atom is -0.496 e. The van der Waals surface area contributed by atoms with Crippen molar-refractivity contribution in [3.63, 3.8) is 0 Å². The van der Waals surface area contributed by atoms with Gasteiger partial charge in [-0.05, 0) is 111 Å². The van der Waals surface area contributed by atoms with Gasteiger partial charge < -0.3 is 19.3 Å². The largest absolute Gasteiger partial charge is 0.496 e. The van der Waals surface area contributed by atoms with Crippen molar-refractivity contribution < 1.29 is 9.47 Å². The van der Waals surface area contributed by atoms with Crippen LogP contribution in [0.15, 0.2) is 99.2 Å². The third-order valence-corrected chi connectivity index (χ3v) is 13.5. The lowest BCUT2D eigenvalue weighted by atomic mass is 9.89. The molecular formula is C38H44BrIN2O2S2. The molecule has 244 valence electrons. The van der Waals surface area contributed by atoms with E-state index in [1.807, 2.05) is 23.5 Å². The number of ether oxygens (including phenoxy) is 2. The zero-order chi connectivity index (χ0) is 32.9. The van der Waals surface area contributed by atoms with E-state index in [-0.39, 0.29) is 10.8 Å². The quantitative estimate of drug-likeness (QED) is 0.180. The highest BCUT2D eigenvalue weighted by Gasteiger charge is 2.33. The van der Waals surface area contributed by atoms with Gasteiger partial charge in [0.2, 0.25) is 0 Å². The molecular weight excluding hydrogens is 787 g/mol. The lowest BCUT2D eigenvalue weighted by molar-refractivity contribution is 0.373. The summed E-state index contributed by atoms with van der Waals surface area (Å²) in [5, 5.41) is 0. The number of methoxy groups -OCH3 is 2. The van der Waals surface area contributed by atoms with Crippen LogP contribution in [0, 0.1) is 14.4 Å². The van der Waals surface area contributed by atoms with Crippen LogP contribution >= 0.6 is 62.0 Å². The Labute approximate surface area is 306 Å². The van der Waals surface area contributed by atoms with E-state index in [1.54, 1.807) is 14.2 Å². The lowest BCUT2D eigenvalue weighted by Crippen LogP contribution is -2.33. The summed E-state index contributed by atoms with van der Waals surface area (Å²) in [5.41, 5.74) is 5.62. The molecule has 2 heterocycles. The van der Waals surface area contributed by atoms with Crippen molar-refractivity contribution in [1.29, 1.82) is 0 Å². The first-order chi connectivity index (χ1) is 22.1. The second kappa shape index (κ2) is 15.5. The van der Waals surface area contributed by atoms with Gasteiger partial charge in [-0.2, -0.15) is 0 Å². The van der Waals surface area contributed by atoms with E-state index in [9.17, 15) is 0 Å². The smallest absolute Gasteiger partial charge is 0.134 e. The first-order valence-corrected chi connectivity index (χ1v) is 19.6. The standard InChI is InChI=1S/C19H22BrNOS.C19H22INOS/c2*1-4-19(2)12-21(14-8-6-5-7-9-14)16-10-15(20)17(22-3)11-18(16)23-13-19/h2*5-11H,4,12-13H2,1-3H3. The van der Waals surface area contributed by atoms with Gasteiger partial charge in [0, 0.05) is 45.8 Å². The summed E-state index contributed by atoms with van der Waals surface area (Å²) >= 11 is 9.90. The maximum Gasteiger partial charge on any atom is 0.134 e. The van der Waals surface area contributed by atoms with Gasteiger partial charge in [0.15, 0.2) is 0 Å². The summed E-state index contributed by atoms with van der Waals surface area (Å²) in [6.07, 6.45) is 2.33. The molecule has 4 nitrogen and oxygen atoms in total. The fourth-order valence-corrected chi connectivity index (χ4v) is 9.43. The minimum absolute atomic E-state index is 0.277. The second-order valence-corrected chi connectivity index (χ2v) is 16.7. The summed E-state index contributed by atoms with van der Waals surface area (Å²) in [6, 6.07) is 30.2. The van der Waals surface area contributed by atoms with Crippen molar-refractivity contribution in [1.82, 2.24) is 0 Å². The van der Waals surface area contributed by atoms with Gasteiger partial charge >= 0.3 is 0 Å². The average molecular weight is 832 g/mol. The van der Waals surface area contributed by atoms with Crippen LogP contribution in [0.1, 0.15) is 40.5 Å². The topological polar surface area (TPSA) is 24.9 Å². The summed E-state index contributed by atoms with van der Waals surface area (Å²) in [4.78, 5) is 7.51. The van der Waals surface area contributed by atoms with Crippen molar-refractivity contribution >= 4 is 84.8 Å². The van der Waals surface area contributed by atoms with Gasteiger partial charge in [-0.1, -0.05) is 64.1 Å². The number of hydrogen-bond acceptors (Lipinski definition) is 6. The number of hydrogen-bond donors (Lipinski definition) is 0. The molecule has 2 aliphatic rings. The average Bonchev–Trinajstić information content (AvgIpc) is 3.33. The molecule has 0 bridgehead atoms. The first-order valence-electron chi connectivity index (χ1n) is 15.8. The Morgan fingerprint density at radius 3 is 1.57 bits per heavy atom. The zero-order valence-electron chi connectivity index (χ0n) is 27.6. The molecule has 0 radical (unpaired) electrons. The number of fused-ring (bicyclic) bond motifs is 2. The Bertz CT molecular complexity index is 1510. The molecule has 2 unspecified atom stereocenters. The molecule has 2 aliphatic heterocycles. The number of thioether (sulfide) groups is 2. The molecule has 0 saturated carbocycles. The van der Waals surface area contributed by atoms with Crippen molar-refractivity contribution in [2.75, 3.05) is 48.6 Å². The third kappa shape index (κ3) is 7.99. The van der Waals surface area contributed by atoms with Crippen LogP contribution < -0.4 is 19.3 Å². The van der Waals surface area contributed by atoms with Gasteiger partial charge in [0.05, 0.1) is 33.6 Å². The number of anilines is 4. The molecule has 0 amide bonds. The Kier molecular flexibility index (Phi) is 11.9. The normalized spacial score (nSPS) is 20.8. The molecule has 8 heteroatoms. The minimum atomic E-state index is 0.277. The molecule has 0 N–H and O–H groups in total. The van der Waals surface area contributed by atoms with Gasteiger partial charge in [0.1, 0.15) is 11.5 Å². The monoisotopic (exact) mass is 830 g/mol. The van der Waals surface area contributed by atoms with Crippen LogP contribution in [0.3, 0.4) is 0 Å². The molecule has 0 fully saturated rings. The maximum absolute atomic E-state index is 5.53. The molecule has 2 atom stereocenters. The predicted octanol–water partition coefficient (Wildman–Crippen LogP) is 12.1. The van der Waals surface area contributed by atoms with Crippen molar-refractivity contribution in [2.24, 2.45) is 10.8 Å². The molecule has 46 heavy (non-hydrogen) atoms. The fraction of sp³-hybridized carbons (Fsp3) is 0.368. The summed E-state index contributed by atoms with van der Waals surface area (Å²) in [7, 11) is 3.47. The summed E-state index contributed by atoms with van der Waals surface area (Å²) in [6.45, 7) is 11.4. The Hall–Kier alpha value is -2.01. The molecule has 6 rings (SSSR count).